The molecule has 0 spiro atoms. The number of benzene rings is 7. The van der Waals surface area contributed by atoms with Crippen molar-refractivity contribution in [3.63, 3.8) is 0 Å². The SMILES string of the molecule is C=COCC(CSc1cccc(-c2cccc3c2sc2ccccc23)c1)(CSc1cccc(-c2cccc3c2sc2ccccc23)c1)CSc1nc2ccccc2s1. The van der Waals surface area contributed by atoms with Gasteiger partial charge in [-0.1, -0.05) is 128 Å². The van der Waals surface area contributed by atoms with Gasteiger partial charge in [-0.3, -0.25) is 0 Å². The van der Waals surface area contributed by atoms with Crippen molar-refractivity contribution in [2.24, 2.45) is 5.41 Å². The minimum absolute atomic E-state index is 0.199. The molecule has 0 atom stereocenters. The van der Waals surface area contributed by atoms with Crippen molar-refractivity contribution in [2.75, 3.05) is 23.9 Å². The topological polar surface area (TPSA) is 22.1 Å². The molecule has 3 aromatic heterocycles. The Balaban J connectivity index is 0.959. The lowest BCUT2D eigenvalue weighted by molar-refractivity contribution is 0.162. The first-order chi connectivity index (χ1) is 28.6. The van der Waals surface area contributed by atoms with E-state index in [9.17, 15) is 0 Å². The van der Waals surface area contributed by atoms with Crippen LogP contribution in [0.5, 0.6) is 0 Å². The van der Waals surface area contributed by atoms with Crippen LogP contribution in [0.1, 0.15) is 0 Å². The zero-order chi connectivity index (χ0) is 38.9. The van der Waals surface area contributed by atoms with Crippen LogP contribution in [0.3, 0.4) is 0 Å². The maximum Gasteiger partial charge on any atom is 0.151 e. The van der Waals surface area contributed by atoms with E-state index in [1.165, 1.54) is 77.1 Å². The predicted octanol–water partition coefficient (Wildman–Crippen LogP) is 16.2. The van der Waals surface area contributed by atoms with Crippen molar-refractivity contribution < 1.29 is 4.74 Å². The fourth-order valence-electron chi connectivity index (χ4n) is 7.54. The smallest absolute Gasteiger partial charge is 0.151 e. The molecule has 0 aliphatic heterocycles. The molecule has 7 aromatic carbocycles. The van der Waals surface area contributed by atoms with Gasteiger partial charge >= 0.3 is 0 Å². The summed E-state index contributed by atoms with van der Waals surface area (Å²) < 4.78 is 13.8. The van der Waals surface area contributed by atoms with Crippen LogP contribution in [0.2, 0.25) is 0 Å². The molecule has 0 N–H and O–H groups in total. The Morgan fingerprint density at radius 3 is 1.59 bits per heavy atom. The van der Waals surface area contributed by atoms with E-state index < -0.39 is 0 Å². The molecule has 58 heavy (non-hydrogen) atoms. The van der Waals surface area contributed by atoms with Crippen LogP contribution >= 0.6 is 69.3 Å². The number of hydrogen-bond donors (Lipinski definition) is 0. The van der Waals surface area contributed by atoms with Crippen LogP contribution in [-0.4, -0.2) is 28.8 Å². The number of rotatable bonds is 14. The van der Waals surface area contributed by atoms with Crippen molar-refractivity contribution in [2.45, 2.75) is 14.1 Å². The van der Waals surface area contributed by atoms with E-state index in [2.05, 4.69) is 164 Å². The number of thiazole rings is 1. The van der Waals surface area contributed by atoms with Gasteiger partial charge in [0.05, 0.1) is 23.1 Å². The molecule has 3 heterocycles. The average Bonchev–Trinajstić information content (AvgIpc) is 3.99. The molecule has 2 nitrogen and oxygen atoms in total. The number of thiophene rings is 2. The summed E-state index contributed by atoms with van der Waals surface area (Å²) in [7, 11) is 0. The first kappa shape index (κ1) is 37.7. The highest BCUT2D eigenvalue weighted by atomic mass is 32.2. The third-order valence-electron chi connectivity index (χ3n) is 10.5. The average molecular weight is 860 g/mol. The third kappa shape index (κ3) is 7.58. The Kier molecular flexibility index (Phi) is 10.8. The highest BCUT2D eigenvalue weighted by molar-refractivity contribution is 8.02. The van der Waals surface area contributed by atoms with Gasteiger partial charge in [-0.2, -0.15) is 0 Å². The van der Waals surface area contributed by atoms with Gasteiger partial charge in [0.25, 0.3) is 0 Å². The van der Waals surface area contributed by atoms with Gasteiger partial charge in [-0.15, -0.1) is 57.5 Å². The summed E-state index contributed by atoms with van der Waals surface area (Å²) in [6.45, 7) is 4.53. The number of hydrogen-bond acceptors (Lipinski definition) is 8. The molecule has 0 unspecified atom stereocenters. The van der Waals surface area contributed by atoms with Gasteiger partial charge in [-0.25, -0.2) is 4.98 Å². The predicted molar refractivity (Wildman–Crippen MR) is 260 cm³/mol. The van der Waals surface area contributed by atoms with Crippen LogP contribution in [-0.2, 0) is 4.74 Å². The van der Waals surface area contributed by atoms with Gasteiger partial charge < -0.3 is 4.74 Å². The van der Waals surface area contributed by atoms with Crippen LogP contribution in [0.4, 0.5) is 0 Å². The summed E-state index contributed by atoms with van der Waals surface area (Å²) in [5, 5.41) is 5.30. The minimum atomic E-state index is -0.199. The van der Waals surface area contributed by atoms with Gasteiger partial charge in [-0.05, 0) is 70.8 Å². The van der Waals surface area contributed by atoms with Gasteiger partial charge in [0.15, 0.2) is 4.34 Å². The van der Waals surface area contributed by atoms with Crippen LogP contribution in [0.25, 0.3) is 72.8 Å². The maximum absolute atomic E-state index is 6.17. The van der Waals surface area contributed by atoms with Crippen LogP contribution in [0.15, 0.2) is 185 Å². The highest BCUT2D eigenvalue weighted by Gasteiger charge is 2.33. The summed E-state index contributed by atoms with van der Waals surface area (Å²) in [6, 6.07) is 57.5. The van der Waals surface area contributed by atoms with E-state index in [1.54, 1.807) is 17.6 Å². The Morgan fingerprint density at radius 2 is 1.02 bits per heavy atom. The lowest BCUT2D eigenvalue weighted by Crippen LogP contribution is -2.35. The van der Waals surface area contributed by atoms with Crippen LogP contribution < -0.4 is 0 Å². The van der Waals surface area contributed by atoms with E-state index in [4.69, 9.17) is 9.72 Å². The zero-order valence-electron chi connectivity index (χ0n) is 31.4. The lowest BCUT2D eigenvalue weighted by atomic mass is 9.97. The van der Waals surface area contributed by atoms with E-state index >= 15 is 0 Å². The highest BCUT2D eigenvalue weighted by Crippen LogP contribution is 2.45. The second-order valence-electron chi connectivity index (χ2n) is 14.4. The quantitative estimate of drug-likeness (QED) is 0.0800. The molecule has 0 amide bonds. The summed E-state index contributed by atoms with van der Waals surface area (Å²) in [4.78, 5) is 7.53. The summed E-state index contributed by atoms with van der Waals surface area (Å²) in [5.74, 6) is 2.62. The Labute approximate surface area is 363 Å². The van der Waals surface area contributed by atoms with Crippen LogP contribution in [0, 0.1) is 5.41 Å². The van der Waals surface area contributed by atoms with Gasteiger partial charge in [0.1, 0.15) is 0 Å². The molecular weight excluding hydrogens is 823 g/mol. The fourth-order valence-corrected chi connectivity index (χ4v) is 15.0. The summed E-state index contributed by atoms with van der Waals surface area (Å²) in [5.41, 5.74) is 5.93. The maximum atomic E-state index is 6.17. The van der Waals surface area contributed by atoms with E-state index in [0.717, 1.165) is 27.1 Å². The minimum Gasteiger partial charge on any atom is -0.501 e. The first-order valence-corrected chi connectivity index (χ1v) is 24.5. The molecular formula is C50H37NOS6. The summed E-state index contributed by atoms with van der Waals surface area (Å²) >= 11 is 11.2. The lowest BCUT2D eigenvalue weighted by Gasteiger charge is -2.32. The van der Waals surface area contributed by atoms with E-state index in [1.807, 2.05) is 58.0 Å². The van der Waals surface area contributed by atoms with Crippen molar-refractivity contribution in [3.05, 3.63) is 171 Å². The number of fused-ring (bicyclic) bond motifs is 7. The van der Waals surface area contributed by atoms with Crippen molar-refractivity contribution in [3.8, 4) is 22.3 Å². The number of ether oxygens (including phenoxy) is 1. The largest absolute Gasteiger partial charge is 0.501 e. The molecule has 0 aliphatic carbocycles. The van der Waals surface area contributed by atoms with Crippen molar-refractivity contribution in [1.29, 1.82) is 0 Å². The number of para-hydroxylation sites is 1. The third-order valence-corrected chi connectivity index (χ3v) is 18.1. The van der Waals surface area contributed by atoms with Gasteiger partial charge in [0.2, 0.25) is 0 Å². The molecule has 0 fully saturated rings. The molecule has 0 saturated heterocycles. The van der Waals surface area contributed by atoms with Crippen molar-refractivity contribution >= 4 is 120 Å². The normalized spacial score (nSPS) is 12.0. The van der Waals surface area contributed by atoms with Gasteiger partial charge in [0, 0.05) is 72.8 Å². The first-order valence-electron chi connectivity index (χ1n) is 19.1. The molecule has 0 saturated carbocycles. The standard InChI is InChI=1S/C50H37NOS6/c1-2-52-29-50(32-55-49-51-43-23-5-8-26-46(43)58-49,30-53-35-15-9-13-33(27-35)37-19-11-21-41-39-17-3-6-24-44(39)56-47(37)41)31-54-36-16-10-14-34(28-36)38-20-12-22-42-40-18-4-7-25-45(40)57-48(38)42/h2-28H,1,29-32H2. The molecule has 10 rings (SSSR count). The Morgan fingerprint density at radius 1 is 0.517 bits per heavy atom. The second-order valence-corrected chi connectivity index (χ2v) is 20.9. The molecule has 0 radical (unpaired) electrons. The molecule has 284 valence electrons. The number of aromatic nitrogens is 1. The Bertz CT molecular complexity index is 2890. The van der Waals surface area contributed by atoms with E-state index in [-0.39, 0.29) is 5.41 Å². The Hall–Kier alpha value is -4.54. The molecule has 8 heteroatoms. The second kappa shape index (κ2) is 16.6. The van der Waals surface area contributed by atoms with E-state index in [0.29, 0.717) is 6.61 Å². The zero-order valence-corrected chi connectivity index (χ0v) is 36.3. The molecule has 0 aliphatic rings. The van der Waals surface area contributed by atoms with Crippen molar-refractivity contribution in [1.82, 2.24) is 4.98 Å². The molecule has 10 aromatic rings. The fraction of sp³-hybridized carbons (Fsp3) is 0.100. The summed E-state index contributed by atoms with van der Waals surface area (Å²) in [6.07, 6.45) is 1.60. The molecule has 0 bridgehead atoms. The number of thioether (sulfide) groups is 3. The monoisotopic (exact) mass is 859 g/mol. The number of nitrogens with zero attached hydrogens (tertiary/aromatic N) is 1.